The molecule has 2 aliphatic rings. The number of benzene rings is 1. The summed E-state index contributed by atoms with van der Waals surface area (Å²) in [6.07, 6.45) is 7.16. The zero-order valence-electron chi connectivity index (χ0n) is 16.2. The minimum atomic E-state index is 0.521. The molecule has 146 valence electrons. The van der Waals surface area contributed by atoms with Gasteiger partial charge in [0, 0.05) is 37.6 Å². The smallest absolute Gasteiger partial charge is 0.245 e. The van der Waals surface area contributed by atoms with Crippen molar-refractivity contribution in [1.29, 1.82) is 5.26 Å². The van der Waals surface area contributed by atoms with Gasteiger partial charge in [-0.15, -0.1) is 5.10 Å². The fourth-order valence-electron chi connectivity index (χ4n) is 4.11. The number of nitrogens with one attached hydrogen (secondary N) is 2. The van der Waals surface area contributed by atoms with Gasteiger partial charge < -0.3 is 15.5 Å². The Morgan fingerprint density at radius 3 is 2.69 bits per heavy atom. The molecule has 3 heterocycles. The van der Waals surface area contributed by atoms with Crippen LogP contribution in [0.1, 0.15) is 30.5 Å². The van der Waals surface area contributed by atoms with Crippen molar-refractivity contribution >= 4 is 28.4 Å². The molecule has 7 nitrogen and oxygen atoms in total. The third kappa shape index (κ3) is 3.43. The van der Waals surface area contributed by atoms with Crippen LogP contribution in [0, 0.1) is 11.3 Å². The van der Waals surface area contributed by atoms with Crippen LogP contribution in [0.3, 0.4) is 0 Å². The highest BCUT2D eigenvalue weighted by atomic mass is 15.3. The van der Waals surface area contributed by atoms with Crippen LogP contribution in [0.15, 0.2) is 42.6 Å². The molecule has 3 aromatic rings. The molecule has 0 radical (unpaired) electrons. The van der Waals surface area contributed by atoms with Crippen LogP contribution in [0.25, 0.3) is 11.1 Å². The van der Waals surface area contributed by atoms with E-state index in [0.717, 1.165) is 62.3 Å². The average Bonchev–Trinajstić information content (AvgIpc) is 3.42. The molecule has 1 aliphatic heterocycles. The van der Waals surface area contributed by atoms with E-state index in [4.69, 9.17) is 0 Å². The predicted molar refractivity (Wildman–Crippen MR) is 114 cm³/mol. The molecule has 2 N–H and O–H groups in total. The van der Waals surface area contributed by atoms with Crippen LogP contribution in [0.2, 0.25) is 0 Å². The van der Waals surface area contributed by atoms with E-state index in [1.807, 2.05) is 10.6 Å². The second-order valence-corrected chi connectivity index (χ2v) is 7.47. The Morgan fingerprint density at radius 2 is 1.97 bits per heavy atom. The minimum absolute atomic E-state index is 0.521. The lowest BCUT2D eigenvalue weighted by atomic mass is 10.1. The Kier molecular flexibility index (Phi) is 4.62. The van der Waals surface area contributed by atoms with Crippen molar-refractivity contribution in [3.63, 3.8) is 0 Å². The lowest BCUT2D eigenvalue weighted by Gasteiger charge is -2.29. The van der Waals surface area contributed by atoms with E-state index >= 15 is 0 Å². The van der Waals surface area contributed by atoms with Crippen molar-refractivity contribution in [2.24, 2.45) is 0 Å². The minimum Gasteiger partial charge on any atom is -0.369 e. The number of piperazine rings is 1. The number of rotatable bonds is 4. The Balaban J connectivity index is 1.42. The fourth-order valence-corrected chi connectivity index (χ4v) is 4.11. The summed E-state index contributed by atoms with van der Waals surface area (Å²) in [6, 6.07) is 12.5. The molecular formula is C22H23N7. The highest BCUT2D eigenvalue weighted by Gasteiger charge is 2.18. The van der Waals surface area contributed by atoms with Gasteiger partial charge in [0.05, 0.1) is 23.0 Å². The lowest BCUT2D eigenvalue weighted by molar-refractivity contribution is 0.589. The molecule has 5 rings (SSSR count). The number of aromatic nitrogens is 3. The first kappa shape index (κ1) is 17.7. The Morgan fingerprint density at radius 1 is 1.14 bits per heavy atom. The highest BCUT2D eigenvalue weighted by molar-refractivity contribution is 5.74. The maximum atomic E-state index is 9.56. The maximum absolute atomic E-state index is 9.56. The quantitative estimate of drug-likeness (QED) is 0.717. The van der Waals surface area contributed by atoms with Crippen molar-refractivity contribution in [1.82, 2.24) is 19.9 Å². The van der Waals surface area contributed by atoms with Crippen LogP contribution in [-0.4, -0.2) is 40.8 Å². The maximum Gasteiger partial charge on any atom is 0.245 e. The number of hydrogen-bond donors (Lipinski definition) is 2. The number of anilines is 3. The van der Waals surface area contributed by atoms with E-state index in [1.54, 1.807) is 6.20 Å². The summed E-state index contributed by atoms with van der Waals surface area (Å²) in [4.78, 5) is 6.82. The fraction of sp³-hybridized carbons (Fsp3) is 0.318. The van der Waals surface area contributed by atoms with E-state index in [1.165, 1.54) is 11.3 Å². The Hall–Kier alpha value is -3.37. The number of fused-ring (bicyclic) bond motifs is 1. The summed E-state index contributed by atoms with van der Waals surface area (Å²) in [5, 5.41) is 20.9. The summed E-state index contributed by atoms with van der Waals surface area (Å²) in [5.74, 6) is 0.521. The number of nitrogens with zero attached hydrogens (tertiary/aromatic N) is 5. The second-order valence-electron chi connectivity index (χ2n) is 7.47. The van der Waals surface area contributed by atoms with Crippen molar-refractivity contribution in [3.05, 3.63) is 53.9 Å². The first-order valence-electron chi connectivity index (χ1n) is 10.1. The van der Waals surface area contributed by atoms with Gasteiger partial charge >= 0.3 is 0 Å². The van der Waals surface area contributed by atoms with Gasteiger partial charge in [0.15, 0.2) is 0 Å². The molecule has 0 amide bonds. The van der Waals surface area contributed by atoms with Crippen LogP contribution in [0.5, 0.6) is 0 Å². The molecular weight excluding hydrogens is 362 g/mol. The van der Waals surface area contributed by atoms with Crippen molar-refractivity contribution in [3.8, 4) is 6.07 Å². The SMILES string of the molecule is N#Cc1cc2cnc(Nc3ccc(N4CCNCC4)cc3)nn2c1C1=CCCC1. The van der Waals surface area contributed by atoms with E-state index < -0.39 is 0 Å². The molecule has 0 atom stereocenters. The van der Waals surface area contributed by atoms with Gasteiger partial charge in [-0.1, -0.05) is 6.08 Å². The van der Waals surface area contributed by atoms with E-state index in [9.17, 15) is 5.26 Å². The first-order chi connectivity index (χ1) is 14.3. The Bertz CT molecular complexity index is 1100. The normalized spacial score (nSPS) is 16.7. The molecule has 0 saturated carbocycles. The van der Waals surface area contributed by atoms with E-state index in [-0.39, 0.29) is 0 Å². The zero-order valence-corrected chi connectivity index (χ0v) is 16.2. The standard InChI is InChI=1S/C22H23N7/c23-14-17-13-20-15-25-22(27-29(20)21(17)16-3-1-2-4-16)26-18-5-7-19(8-6-18)28-11-9-24-10-12-28/h3,5-8,13,15,24H,1-2,4,9-12H2,(H,26,27). The van der Waals surface area contributed by atoms with Crippen LogP contribution in [-0.2, 0) is 0 Å². The lowest BCUT2D eigenvalue weighted by Crippen LogP contribution is -2.43. The molecule has 1 fully saturated rings. The second kappa shape index (κ2) is 7.57. The van der Waals surface area contributed by atoms with Gasteiger partial charge in [-0.3, -0.25) is 0 Å². The molecule has 0 unspecified atom stereocenters. The van der Waals surface area contributed by atoms with Gasteiger partial charge in [0.2, 0.25) is 5.95 Å². The summed E-state index contributed by atoms with van der Waals surface area (Å²) in [5.41, 5.74) is 5.77. The third-order valence-corrected chi connectivity index (χ3v) is 5.59. The predicted octanol–water partition coefficient (Wildman–Crippen LogP) is 3.32. The van der Waals surface area contributed by atoms with Crippen molar-refractivity contribution < 1.29 is 0 Å². The van der Waals surface area contributed by atoms with Gasteiger partial charge in [-0.25, -0.2) is 9.50 Å². The molecule has 7 heteroatoms. The summed E-state index contributed by atoms with van der Waals surface area (Å²) < 4.78 is 1.85. The largest absolute Gasteiger partial charge is 0.369 e. The molecule has 1 aromatic carbocycles. The summed E-state index contributed by atoms with van der Waals surface area (Å²) >= 11 is 0. The average molecular weight is 385 g/mol. The van der Waals surface area contributed by atoms with Crippen LogP contribution >= 0.6 is 0 Å². The Labute approximate surface area is 169 Å². The van der Waals surface area contributed by atoms with Gasteiger partial charge in [0.1, 0.15) is 6.07 Å². The van der Waals surface area contributed by atoms with E-state index in [0.29, 0.717) is 11.5 Å². The molecule has 0 bridgehead atoms. The highest BCUT2D eigenvalue weighted by Crippen LogP contribution is 2.31. The topological polar surface area (TPSA) is 81.3 Å². The molecule has 1 saturated heterocycles. The van der Waals surface area contributed by atoms with Gasteiger partial charge in [0.25, 0.3) is 0 Å². The van der Waals surface area contributed by atoms with Crippen molar-refractivity contribution in [2.45, 2.75) is 19.3 Å². The summed E-state index contributed by atoms with van der Waals surface area (Å²) in [6.45, 7) is 4.10. The molecule has 1 aliphatic carbocycles. The number of hydrogen-bond acceptors (Lipinski definition) is 6. The van der Waals surface area contributed by atoms with Crippen LogP contribution < -0.4 is 15.5 Å². The molecule has 29 heavy (non-hydrogen) atoms. The number of nitriles is 1. The molecule has 2 aromatic heterocycles. The van der Waals surface area contributed by atoms with Crippen molar-refractivity contribution in [2.75, 3.05) is 36.4 Å². The van der Waals surface area contributed by atoms with Gasteiger partial charge in [-0.05, 0) is 55.2 Å². The summed E-state index contributed by atoms with van der Waals surface area (Å²) in [7, 11) is 0. The third-order valence-electron chi connectivity index (χ3n) is 5.59. The van der Waals surface area contributed by atoms with Crippen LogP contribution in [0.4, 0.5) is 17.3 Å². The monoisotopic (exact) mass is 385 g/mol. The number of allylic oxidation sites excluding steroid dienone is 2. The molecule has 0 spiro atoms. The van der Waals surface area contributed by atoms with Gasteiger partial charge in [-0.2, -0.15) is 5.26 Å². The first-order valence-corrected chi connectivity index (χ1v) is 10.1. The van der Waals surface area contributed by atoms with E-state index in [2.05, 4.69) is 62.0 Å². The zero-order chi connectivity index (χ0) is 19.6.